The average Bonchev–Trinajstić information content (AvgIpc) is 2.85. The molecule has 5 heteroatoms. The van der Waals surface area contributed by atoms with Gasteiger partial charge >= 0.3 is 0 Å². The van der Waals surface area contributed by atoms with Gasteiger partial charge in [0.05, 0.1) is 12.4 Å². The summed E-state index contributed by atoms with van der Waals surface area (Å²) in [5.41, 5.74) is -0.00781. The van der Waals surface area contributed by atoms with Crippen molar-refractivity contribution in [3.05, 3.63) is 28.9 Å². The van der Waals surface area contributed by atoms with E-state index in [-0.39, 0.29) is 5.56 Å². The Kier molecular flexibility index (Phi) is 4.28. The molecule has 0 bridgehead atoms. The summed E-state index contributed by atoms with van der Waals surface area (Å²) >= 11 is 0. The molecule has 0 saturated carbocycles. The number of nitrogens with one attached hydrogen (secondary N) is 1. The molecule has 2 rings (SSSR count). The summed E-state index contributed by atoms with van der Waals surface area (Å²) in [4.78, 5) is 15.4. The van der Waals surface area contributed by atoms with Crippen molar-refractivity contribution in [3.8, 4) is 0 Å². The molecule has 0 spiro atoms. The fourth-order valence-electron chi connectivity index (χ4n) is 2.09. The van der Waals surface area contributed by atoms with E-state index in [1.807, 2.05) is 0 Å². The van der Waals surface area contributed by atoms with E-state index < -0.39 is 0 Å². The van der Waals surface area contributed by atoms with Crippen LogP contribution < -0.4 is 10.9 Å². The molecule has 1 aliphatic heterocycles. The van der Waals surface area contributed by atoms with Gasteiger partial charge in [-0.1, -0.05) is 0 Å². The molecule has 2 heterocycles. The van der Waals surface area contributed by atoms with Crippen LogP contribution in [0.25, 0.3) is 0 Å². The number of aromatic nitrogens is 2. The third-order valence-electron chi connectivity index (χ3n) is 3.13. The molecule has 1 aromatic rings. The Morgan fingerprint density at radius 2 is 2.59 bits per heavy atom. The predicted molar refractivity (Wildman–Crippen MR) is 64.9 cm³/mol. The topological polar surface area (TPSA) is 56.2 Å². The highest BCUT2D eigenvalue weighted by molar-refractivity contribution is 4.82. The Bertz CT molecular complexity index is 399. The first kappa shape index (κ1) is 12.3. The van der Waals surface area contributed by atoms with Crippen molar-refractivity contribution in [2.45, 2.75) is 38.5 Å². The Labute approximate surface area is 101 Å². The lowest BCUT2D eigenvalue weighted by molar-refractivity contribution is 0.0835. The molecule has 94 valence electrons. The Morgan fingerprint density at radius 3 is 3.29 bits per heavy atom. The van der Waals surface area contributed by atoms with E-state index in [4.69, 9.17) is 4.74 Å². The monoisotopic (exact) mass is 237 g/mol. The van der Waals surface area contributed by atoms with Crippen LogP contribution in [-0.4, -0.2) is 34.8 Å². The van der Waals surface area contributed by atoms with Crippen LogP contribution in [0.1, 0.15) is 19.8 Å². The zero-order chi connectivity index (χ0) is 12.1. The minimum absolute atomic E-state index is 0.00781. The summed E-state index contributed by atoms with van der Waals surface area (Å²) in [5.74, 6) is 0. The van der Waals surface area contributed by atoms with Gasteiger partial charge in [0.2, 0.25) is 0 Å². The number of nitrogens with zero attached hydrogens (tertiary/aromatic N) is 2. The largest absolute Gasteiger partial charge is 0.377 e. The molecule has 17 heavy (non-hydrogen) atoms. The Hall–Kier alpha value is -1.20. The van der Waals surface area contributed by atoms with Gasteiger partial charge in [-0.2, -0.15) is 0 Å². The van der Waals surface area contributed by atoms with Crippen molar-refractivity contribution in [2.24, 2.45) is 0 Å². The number of hydrogen-bond donors (Lipinski definition) is 1. The average molecular weight is 237 g/mol. The summed E-state index contributed by atoms with van der Waals surface area (Å²) in [6.07, 6.45) is 5.68. The lowest BCUT2D eigenvalue weighted by Gasteiger charge is -2.20. The molecular weight excluding hydrogens is 218 g/mol. The number of hydrogen-bond acceptors (Lipinski definition) is 4. The van der Waals surface area contributed by atoms with Crippen molar-refractivity contribution in [2.75, 3.05) is 13.2 Å². The van der Waals surface area contributed by atoms with Gasteiger partial charge < -0.3 is 10.1 Å². The maximum atomic E-state index is 11.4. The van der Waals surface area contributed by atoms with E-state index >= 15 is 0 Å². The standard InChI is InChI=1S/C12H19N3O2/c1-10(11-3-2-8-17-11)14-6-7-15-9-13-5-4-12(15)16/h4-5,9-11,14H,2-3,6-8H2,1H3. The molecule has 1 saturated heterocycles. The fraction of sp³-hybridized carbons (Fsp3) is 0.667. The maximum absolute atomic E-state index is 11.4. The summed E-state index contributed by atoms with van der Waals surface area (Å²) < 4.78 is 7.20. The molecule has 0 aromatic carbocycles. The van der Waals surface area contributed by atoms with Gasteiger partial charge in [-0.15, -0.1) is 0 Å². The Balaban J connectivity index is 1.76. The molecule has 2 atom stereocenters. The molecule has 0 aliphatic carbocycles. The smallest absolute Gasteiger partial charge is 0.253 e. The third-order valence-corrected chi connectivity index (χ3v) is 3.13. The van der Waals surface area contributed by atoms with Gasteiger partial charge in [0, 0.05) is 38.0 Å². The SMILES string of the molecule is CC(NCCn1cnccc1=O)C1CCCO1. The van der Waals surface area contributed by atoms with E-state index in [1.165, 1.54) is 12.3 Å². The van der Waals surface area contributed by atoms with Crippen LogP contribution in [-0.2, 0) is 11.3 Å². The minimum atomic E-state index is -0.00781. The molecular formula is C12H19N3O2. The lowest BCUT2D eigenvalue weighted by atomic mass is 10.1. The van der Waals surface area contributed by atoms with Crippen LogP contribution in [0.15, 0.2) is 23.4 Å². The van der Waals surface area contributed by atoms with Crippen molar-refractivity contribution in [1.29, 1.82) is 0 Å². The summed E-state index contributed by atoms with van der Waals surface area (Å²) in [6.45, 7) is 4.40. The molecule has 1 fully saturated rings. The second-order valence-electron chi connectivity index (χ2n) is 4.41. The molecule has 0 radical (unpaired) electrons. The zero-order valence-corrected chi connectivity index (χ0v) is 10.1. The van der Waals surface area contributed by atoms with Gasteiger partial charge in [0.1, 0.15) is 0 Å². The third kappa shape index (κ3) is 3.38. The van der Waals surface area contributed by atoms with Crippen molar-refractivity contribution in [3.63, 3.8) is 0 Å². The highest BCUT2D eigenvalue weighted by atomic mass is 16.5. The number of ether oxygens (including phenoxy) is 1. The predicted octanol–water partition coefficient (Wildman–Crippen LogP) is 0.400. The van der Waals surface area contributed by atoms with E-state index in [1.54, 1.807) is 10.9 Å². The normalized spacial score (nSPS) is 21.6. The molecule has 1 aromatic heterocycles. The van der Waals surface area contributed by atoms with Gasteiger partial charge in [-0.05, 0) is 19.8 Å². The van der Waals surface area contributed by atoms with Crippen LogP contribution in [0.5, 0.6) is 0 Å². The highest BCUT2D eigenvalue weighted by Crippen LogP contribution is 2.14. The molecule has 1 aliphatic rings. The Morgan fingerprint density at radius 1 is 1.71 bits per heavy atom. The zero-order valence-electron chi connectivity index (χ0n) is 10.1. The molecule has 0 amide bonds. The molecule has 5 nitrogen and oxygen atoms in total. The van der Waals surface area contributed by atoms with Crippen LogP contribution >= 0.6 is 0 Å². The fourth-order valence-corrected chi connectivity index (χ4v) is 2.09. The molecule has 1 N–H and O–H groups in total. The van der Waals surface area contributed by atoms with Crippen LogP contribution in [0.2, 0.25) is 0 Å². The first-order chi connectivity index (χ1) is 8.27. The quantitative estimate of drug-likeness (QED) is 0.805. The van der Waals surface area contributed by atoms with Gasteiger partial charge in [-0.3, -0.25) is 9.36 Å². The highest BCUT2D eigenvalue weighted by Gasteiger charge is 2.21. The minimum Gasteiger partial charge on any atom is -0.377 e. The van der Waals surface area contributed by atoms with E-state index in [9.17, 15) is 4.79 Å². The summed E-state index contributed by atoms with van der Waals surface area (Å²) in [7, 11) is 0. The van der Waals surface area contributed by atoms with E-state index in [0.29, 0.717) is 18.7 Å². The lowest BCUT2D eigenvalue weighted by Crippen LogP contribution is -2.39. The second kappa shape index (κ2) is 5.93. The van der Waals surface area contributed by atoms with Gasteiger partial charge in [0.15, 0.2) is 0 Å². The van der Waals surface area contributed by atoms with E-state index in [0.717, 1.165) is 26.0 Å². The maximum Gasteiger partial charge on any atom is 0.253 e. The second-order valence-corrected chi connectivity index (χ2v) is 4.41. The van der Waals surface area contributed by atoms with Gasteiger partial charge in [0.25, 0.3) is 5.56 Å². The van der Waals surface area contributed by atoms with Crippen molar-refractivity contribution < 1.29 is 4.74 Å². The van der Waals surface area contributed by atoms with Crippen LogP contribution in [0.3, 0.4) is 0 Å². The number of rotatable bonds is 5. The summed E-state index contributed by atoms with van der Waals surface area (Å²) in [6, 6.07) is 1.81. The first-order valence-electron chi connectivity index (χ1n) is 6.13. The van der Waals surface area contributed by atoms with Gasteiger partial charge in [-0.25, -0.2) is 4.98 Å². The summed E-state index contributed by atoms with van der Waals surface area (Å²) in [5, 5.41) is 3.39. The van der Waals surface area contributed by atoms with Crippen molar-refractivity contribution >= 4 is 0 Å². The van der Waals surface area contributed by atoms with Crippen molar-refractivity contribution in [1.82, 2.24) is 14.9 Å². The van der Waals surface area contributed by atoms with Crippen LogP contribution in [0, 0.1) is 0 Å². The first-order valence-corrected chi connectivity index (χ1v) is 6.13. The van der Waals surface area contributed by atoms with E-state index in [2.05, 4.69) is 17.2 Å². The molecule has 2 unspecified atom stereocenters. The van der Waals surface area contributed by atoms with Crippen LogP contribution in [0.4, 0.5) is 0 Å².